The van der Waals surface area contributed by atoms with Gasteiger partial charge in [-0.25, -0.2) is 0 Å². The lowest BCUT2D eigenvalue weighted by atomic mass is 9.90. The fourth-order valence-corrected chi connectivity index (χ4v) is 4.94. The van der Waals surface area contributed by atoms with Crippen molar-refractivity contribution in [3.63, 3.8) is 0 Å². The van der Waals surface area contributed by atoms with Crippen LogP contribution in [0, 0.1) is 13.8 Å². The van der Waals surface area contributed by atoms with E-state index >= 15 is 0 Å². The van der Waals surface area contributed by atoms with Gasteiger partial charge in [-0.3, -0.25) is 9.59 Å². The van der Waals surface area contributed by atoms with Crippen LogP contribution in [0.1, 0.15) is 33.7 Å². The molecule has 0 saturated heterocycles. The highest BCUT2D eigenvalue weighted by atomic mass is 16.2. The van der Waals surface area contributed by atoms with E-state index in [9.17, 15) is 9.59 Å². The summed E-state index contributed by atoms with van der Waals surface area (Å²) in [6.45, 7) is 3.99. The minimum atomic E-state index is -0.780. The van der Waals surface area contributed by atoms with Crippen LogP contribution in [0.25, 0.3) is 10.9 Å². The Hall–Kier alpha value is -4.64. The van der Waals surface area contributed by atoms with Crippen LogP contribution in [-0.2, 0) is 16.0 Å². The van der Waals surface area contributed by atoms with Gasteiger partial charge in [-0.15, -0.1) is 0 Å². The topological polar surface area (TPSA) is 74.0 Å². The highest BCUT2D eigenvalue weighted by Gasteiger charge is 2.29. The second-order valence-electron chi connectivity index (χ2n) is 9.69. The molecule has 2 amide bonds. The average Bonchev–Trinajstić information content (AvgIpc) is 3.34. The van der Waals surface area contributed by atoms with Crippen LogP contribution in [0.2, 0.25) is 0 Å². The van der Waals surface area contributed by atoms with E-state index < -0.39 is 12.0 Å². The normalized spacial score (nSPS) is 11.9. The van der Waals surface area contributed by atoms with Crippen LogP contribution in [0.3, 0.4) is 0 Å². The number of hydrogen-bond donors (Lipinski definition) is 3. The van der Waals surface area contributed by atoms with Crippen molar-refractivity contribution in [3.8, 4) is 0 Å². The molecule has 1 aromatic heterocycles. The largest absolute Gasteiger partial charge is 0.361 e. The number of nitrogens with one attached hydrogen (secondary N) is 3. The van der Waals surface area contributed by atoms with Gasteiger partial charge in [0.2, 0.25) is 11.8 Å². The molecular weight excluding hydrogens is 470 g/mol. The first-order valence-corrected chi connectivity index (χ1v) is 12.8. The number of hydrogen-bond acceptors (Lipinski definition) is 2. The summed E-state index contributed by atoms with van der Waals surface area (Å²) in [6.07, 6.45) is 2.27. The van der Waals surface area contributed by atoms with Gasteiger partial charge in [-0.1, -0.05) is 96.6 Å². The molecule has 0 spiro atoms. The zero-order valence-electron chi connectivity index (χ0n) is 21.6. The van der Waals surface area contributed by atoms with E-state index in [1.54, 1.807) is 0 Å². The third-order valence-corrected chi connectivity index (χ3v) is 6.90. The van der Waals surface area contributed by atoms with Crippen LogP contribution in [-0.4, -0.2) is 22.8 Å². The highest BCUT2D eigenvalue weighted by molar-refractivity contribution is 5.99. The molecule has 5 aromatic rings. The van der Waals surface area contributed by atoms with Crippen LogP contribution in [0.4, 0.5) is 5.69 Å². The summed E-state index contributed by atoms with van der Waals surface area (Å²) in [4.78, 5) is 30.9. The Morgan fingerprint density at radius 1 is 0.763 bits per heavy atom. The Morgan fingerprint density at radius 3 is 2.05 bits per heavy atom. The van der Waals surface area contributed by atoms with Crippen LogP contribution < -0.4 is 10.6 Å². The van der Waals surface area contributed by atoms with Crippen molar-refractivity contribution in [2.45, 2.75) is 32.2 Å². The Kier molecular flexibility index (Phi) is 7.36. The molecule has 3 N–H and O–H groups in total. The van der Waals surface area contributed by atoms with Crippen molar-refractivity contribution in [2.75, 3.05) is 5.32 Å². The van der Waals surface area contributed by atoms with Crippen LogP contribution in [0.15, 0.2) is 109 Å². The first-order valence-electron chi connectivity index (χ1n) is 12.8. The third kappa shape index (κ3) is 5.52. The number of aromatic amines is 1. The van der Waals surface area contributed by atoms with Gasteiger partial charge in [0.15, 0.2) is 0 Å². The molecule has 1 heterocycles. The van der Waals surface area contributed by atoms with E-state index in [0.29, 0.717) is 6.42 Å². The number of amides is 2. The van der Waals surface area contributed by atoms with Crippen LogP contribution >= 0.6 is 0 Å². The summed E-state index contributed by atoms with van der Waals surface area (Å²) in [7, 11) is 0. The van der Waals surface area contributed by atoms with E-state index in [-0.39, 0.29) is 11.8 Å². The molecular formula is C33H31N3O2. The highest BCUT2D eigenvalue weighted by Crippen LogP contribution is 2.26. The second-order valence-corrected chi connectivity index (χ2v) is 9.69. The minimum absolute atomic E-state index is 0.219. The lowest BCUT2D eigenvalue weighted by Crippen LogP contribution is -2.47. The molecule has 4 aromatic carbocycles. The number of fused-ring (bicyclic) bond motifs is 1. The molecule has 0 aliphatic rings. The third-order valence-electron chi connectivity index (χ3n) is 6.90. The molecule has 38 heavy (non-hydrogen) atoms. The van der Waals surface area contributed by atoms with Crippen molar-refractivity contribution < 1.29 is 9.59 Å². The Labute approximate surface area is 222 Å². The maximum Gasteiger partial charge on any atom is 0.247 e. The number of carbonyl (C=O) groups is 2. The summed E-state index contributed by atoms with van der Waals surface area (Å²) in [5, 5.41) is 7.20. The molecule has 0 aliphatic heterocycles. The predicted octanol–water partition coefficient (Wildman–Crippen LogP) is 6.28. The molecule has 1 atom stereocenters. The fraction of sp³-hybridized carbons (Fsp3) is 0.152. The van der Waals surface area contributed by atoms with Crippen molar-refractivity contribution >= 4 is 28.4 Å². The van der Waals surface area contributed by atoms with E-state index in [4.69, 9.17) is 0 Å². The number of aryl methyl sites for hydroxylation is 2. The number of benzene rings is 4. The quantitative estimate of drug-likeness (QED) is 0.234. The lowest BCUT2D eigenvalue weighted by Gasteiger charge is -2.23. The molecule has 0 aliphatic carbocycles. The van der Waals surface area contributed by atoms with E-state index in [0.717, 1.165) is 44.4 Å². The monoisotopic (exact) mass is 501 g/mol. The van der Waals surface area contributed by atoms with Crippen molar-refractivity contribution in [1.29, 1.82) is 0 Å². The summed E-state index contributed by atoms with van der Waals surface area (Å²) >= 11 is 0. The van der Waals surface area contributed by atoms with Gasteiger partial charge in [0.1, 0.15) is 6.04 Å². The summed E-state index contributed by atoms with van der Waals surface area (Å²) in [5.74, 6) is -1.02. The Morgan fingerprint density at radius 2 is 1.39 bits per heavy atom. The number of H-pyrrole nitrogens is 1. The number of aromatic nitrogens is 1. The Balaban J connectivity index is 1.48. The number of rotatable bonds is 8. The standard InChI is InChI=1S/C33H31N3O2/c1-22-17-18-28(23(2)19-22)35-32(37)30(20-26-21-34-29-16-10-9-15-27(26)29)36-33(38)31(24-11-5-3-6-12-24)25-13-7-4-8-14-25/h3-19,21,30-31,34H,20H2,1-2H3,(H,35,37)(H,36,38)/t30-/m0/s1. The summed E-state index contributed by atoms with van der Waals surface area (Å²) in [6, 6.07) is 32.5. The zero-order valence-corrected chi connectivity index (χ0v) is 21.6. The predicted molar refractivity (Wildman–Crippen MR) is 153 cm³/mol. The summed E-state index contributed by atoms with van der Waals surface area (Å²) in [5.41, 5.74) is 6.54. The van der Waals surface area contributed by atoms with Crippen molar-refractivity contribution in [2.24, 2.45) is 0 Å². The molecule has 5 nitrogen and oxygen atoms in total. The number of para-hydroxylation sites is 1. The molecule has 0 bridgehead atoms. The molecule has 5 heteroatoms. The van der Waals surface area contributed by atoms with Crippen molar-refractivity contribution in [3.05, 3.63) is 137 Å². The van der Waals surface area contributed by atoms with E-state index in [2.05, 4.69) is 15.6 Å². The van der Waals surface area contributed by atoms with E-state index in [1.807, 2.05) is 123 Å². The number of carbonyl (C=O) groups excluding carboxylic acids is 2. The fourth-order valence-electron chi connectivity index (χ4n) is 4.94. The van der Waals surface area contributed by atoms with Gasteiger partial charge in [0.25, 0.3) is 0 Å². The van der Waals surface area contributed by atoms with Crippen LogP contribution in [0.5, 0.6) is 0 Å². The molecule has 190 valence electrons. The first-order chi connectivity index (χ1) is 18.5. The second kappa shape index (κ2) is 11.2. The van der Waals surface area contributed by atoms with E-state index in [1.165, 1.54) is 0 Å². The SMILES string of the molecule is Cc1ccc(NC(=O)[C@H](Cc2c[nH]c3ccccc23)NC(=O)C(c2ccccc2)c2ccccc2)c(C)c1. The van der Waals surface area contributed by atoms with Gasteiger partial charge < -0.3 is 15.6 Å². The van der Waals surface area contributed by atoms with Gasteiger partial charge in [0.05, 0.1) is 5.92 Å². The molecule has 5 rings (SSSR count). The number of anilines is 1. The minimum Gasteiger partial charge on any atom is -0.361 e. The molecule has 0 saturated carbocycles. The average molecular weight is 502 g/mol. The van der Waals surface area contributed by atoms with Crippen molar-refractivity contribution in [1.82, 2.24) is 10.3 Å². The van der Waals surface area contributed by atoms with Gasteiger partial charge >= 0.3 is 0 Å². The van der Waals surface area contributed by atoms with Gasteiger partial charge in [0, 0.05) is 29.2 Å². The molecule has 0 radical (unpaired) electrons. The lowest BCUT2D eigenvalue weighted by molar-refractivity contribution is -0.126. The molecule has 0 fully saturated rings. The smallest absolute Gasteiger partial charge is 0.247 e. The summed E-state index contributed by atoms with van der Waals surface area (Å²) < 4.78 is 0. The first kappa shape index (κ1) is 25.0. The Bertz CT molecular complexity index is 1520. The molecule has 0 unspecified atom stereocenters. The van der Waals surface area contributed by atoms with Gasteiger partial charge in [-0.05, 0) is 48.2 Å². The maximum absolute atomic E-state index is 13.9. The van der Waals surface area contributed by atoms with Gasteiger partial charge in [-0.2, -0.15) is 0 Å². The zero-order chi connectivity index (χ0) is 26.5. The maximum atomic E-state index is 13.9.